The average molecular weight is 640 g/mol. The van der Waals surface area contributed by atoms with Gasteiger partial charge in [-0.15, -0.1) is 0 Å². The smallest absolute Gasteiger partial charge is 0.164 e. The molecule has 0 N–H and O–H groups in total. The van der Waals surface area contributed by atoms with Gasteiger partial charge in [-0.05, 0) is 68.7 Å². The first-order chi connectivity index (χ1) is 24.7. The van der Waals surface area contributed by atoms with Gasteiger partial charge < -0.3 is 8.83 Å². The van der Waals surface area contributed by atoms with Gasteiger partial charge in [0.15, 0.2) is 17.5 Å². The molecular weight excluding hydrogens is 615 g/mol. The van der Waals surface area contributed by atoms with Gasteiger partial charge in [-0.3, -0.25) is 0 Å². The third kappa shape index (κ3) is 4.04. The van der Waals surface area contributed by atoms with Crippen LogP contribution in [-0.4, -0.2) is 15.0 Å². The Morgan fingerprint density at radius 1 is 0.320 bits per heavy atom. The maximum atomic E-state index is 6.27. The van der Waals surface area contributed by atoms with Crippen molar-refractivity contribution in [2.45, 2.75) is 0 Å². The summed E-state index contributed by atoms with van der Waals surface area (Å²) in [6, 6.07) is 52.3. The molecule has 0 fully saturated rings. The number of hydrogen-bond donors (Lipinski definition) is 0. The summed E-state index contributed by atoms with van der Waals surface area (Å²) in [6.07, 6.45) is 0. The monoisotopic (exact) mass is 639 g/mol. The molecule has 5 heteroatoms. The number of nitrogens with zero attached hydrogens (tertiary/aromatic N) is 3. The van der Waals surface area contributed by atoms with Crippen molar-refractivity contribution in [3.05, 3.63) is 152 Å². The number of fused-ring (bicyclic) bond motifs is 11. The van der Waals surface area contributed by atoms with Crippen LogP contribution in [0.4, 0.5) is 0 Å². The third-order valence-corrected chi connectivity index (χ3v) is 9.92. The number of hydrogen-bond acceptors (Lipinski definition) is 5. The molecule has 0 spiro atoms. The molecular formula is C45H25N3O2. The van der Waals surface area contributed by atoms with Crippen molar-refractivity contribution in [2.24, 2.45) is 0 Å². The lowest BCUT2D eigenvalue weighted by atomic mass is 9.94. The van der Waals surface area contributed by atoms with Crippen LogP contribution in [0.2, 0.25) is 0 Å². The standard InChI is InChI=1S/C45H25N3O2/c1-2-9-30-26(8-1)16-17-27-18-21-31-36(42(27)30)12-7-13-37(31)45-47-43(28-19-22-34-32-10-3-5-14-38(32)49-40(34)24-28)46-44(48-45)29-20-23-35-33-11-4-6-15-39(33)50-41(35)25-29/h1-25H. The van der Waals surface area contributed by atoms with E-state index in [0.717, 1.165) is 71.3 Å². The summed E-state index contributed by atoms with van der Waals surface area (Å²) in [5.41, 5.74) is 5.93. The molecule has 0 unspecified atom stereocenters. The summed E-state index contributed by atoms with van der Waals surface area (Å²) in [5.74, 6) is 1.74. The fraction of sp³-hybridized carbons (Fsp3) is 0. The Bertz CT molecular complexity index is 3040. The van der Waals surface area contributed by atoms with E-state index in [1.54, 1.807) is 0 Å². The van der Waals surface area contributed by atoms with Crippen LogP contribution in [0.25, 0.3) is 110 Å². The highest BCUT2D eigenvalue weighted by molar-refractivity contribution is 6.22. The van der Waals surface area contributed by atoms with E-state index in [1.165, 1.54) is 21.5 Å². The minimum atomic E-state index is 0.570. The number of furan rings is 2. The molecule has 3 aromatic heterocycles. The van der Waals surface area contributed by atoms with Gasteiger partial charge in [0, 0.05) is 38.2 Å². The predicted molar refractivity (Wildman–Crippen MR) is 203 cm³/mol. The van der Waals surface area contributed by atoms with Crippen molar-refractivity contribution in [1.82, 2.24) is 15.0 Å². The number of para-hydroxylation sites is 2. The van der Waals surface area contributed by atoms with E-state index in [1.807, 2.05) is 48.5 Å². The van der Waals surface area contributed by atoms with Crippen molar-refractivity contribution >= 4 is 76.2 Å². The lowest BCUT2D eigenvalue weighted by Crippen LogP contribution is -2.00. The maximum Gasteiger partial charge on any atom is 0.164 e. The van der Waals surface area contributed by atoms with Crippen LogP contribution in [0.15, 0.2) is 160 Å². The maximum absolute atomic E-state index is 6.27. The Labute approximate surface area is 285 Å². The van der Waals surface area contributed by atoms with Crippen molar-refractivity contribution < 1.29 is 8.83 Å². The van der Waals surface area contributed by atoms with Gasteiger partial charge in [0.25, 0.3) is 0 Å². The SMILES string of the molecule is c1ccc2c(c1)ccc1ccc3c(-c4nc(-c5ccc6c(c5)oc5ccccc56)nc(-c5ccc6c(c5)oc5ccccc56)n4)cccc3c12. The summed E-state index contributed by atoms with van der Waals surface area (Å²) in [5, 5.41) is 11.4. The largest absolute Gasteiger partial charge is 0.456 e. The summed E-state index contributed by atoms with van der Waals surface area (Å²) in [7, 11) is 0. The molecule has 5 nitrogen and oxygen atoms in total. The van der Waals surface area contributed by atoms with Gasteiger partial charge in [-0.2, -0.15) is 0 Å². The van der Waals surface area contributed by atoms with Gasteiger partial charge in [-0.25, -0.2) is 15.0 Å². The van der Waals surface area contributed by atoms with E-state index in [2.05, 4.69) is 103 Å². The Hall–Kier alpha value is -6.85. The van der Waals surface area contributed by atoms with Gasteiger partial charge in [0.2, 0.25) is 0 Å². The summed E-state index contributed by atoms with van der Waals surface area (Å²) in [4.78, 5) is 15.4. The average Bonchev–Trinajstić information content (AvgIpc) is 3.74. The van der Waals surface area contributed by atoms with Gasteiger partial charge in [0.1, 0.15) is 22.3 Å². The molecule has 0 bridgehead atoms. The highest BCUT2D eigenvalue weighted by atomic mass is 16.3. The summed E-state index contributed by atoms with van der Waals surface area (Å²) in [6.45, 7) is 0. The second-order valence-corrected chi connectivity index (χ2v) is 12.8. The molecule has 50 heavy (non-hydrogen) atoms. The molecule has 0 aliphatic heterocycles. The third-order valence-electron chi connectivity index (χ3n) is 9.92. The van der Waals surface area contributed by atoms with E-state index >= 15 is 0 Å². The number of aromatic nitrogens is 3. The molecule has 0 radical (unpaired) electrons. The zero-order valence-electron chi connectivity index (χ0n) is 26.6. The van der Waals surface area contributed by atoms with Crippen LogP contribution in [0.3, 0.4) is 0 Å². The minimum Gasteiger partial charge on any atom is -0.456 e. The Kier molecular flexibility index (Phi) is 5.60. The Balaban J connectivity index is 1.16. The predicted octanol–water partition coefficient (Wildman–Crippen LogP) is 12.1. The van der Waals surface area contributed by atoms with E-state index in [9.17, 15) is 0 Å². The number of rotatable bonds is 3. The Morgan fingerprint density at radius 3 is 1.50 bits per heavy atom. The molecule has 0 atom stereocenters. The topological polar surface area (TPSA) is 65.0 Å². The minimum absolute atomic E-state index is 0.570. The lowest BCUT2D eigenvalue weighted by Gasteiger charge is -2.13. The van der Waals surface area contributed by atoms with Gasteiger partial charge >= 0.3 is 0 Å². The van der Waals surface area contributed by atoms with Crippen molar-refractivity contribution in [2.75, 3.05) is 0 Å². The highest BCUT2D eigenvalue weighted by Gasteiger charge is 2.18. The first-order valence-electron chi connectivity index (χ1n) is 16.7. The molecule has 0 saturated carbocycles. The molecule has 0 amide bonds. The molecule has 232 valence electrons. The van der Waals surface area contributed by atoms with Crippen molar-refractivity contribution in [3.8, 4) is 34.2 Å². The highest BCUT2D eigenvalue weighted by Crippen LogP contribution is 2.38. The van der Waals surface area contributed by atoms with Crippen molar-refractivity contribution in [1.29, 1.82) is 0 Å². The summed E-state index contributed by atoms with van der Waals surface area (Å²) < 4.78 is 12.5. The molecule has 0 aliphatic rings. The lowest BCUT2D eigenvalue weighted by molar-refractivity contribution is 0.668. The number of benzene rings is 8. The Morgan fingerprint density at radius 2 is 0.820 bits per heavy atom. The second kappa shape index (κ2) is 10.3. The van der Waals surface area contributed by atoms with Crippen LogP contribution in [0, 0.1) is 0 Å². The van der Waals surface area contributed by atoms with Gasteiger partial charge in [-0.1, -0.05) is 115 Å². The van der Waals surface area contributed by atoms with Crippen LogP contribution in [-0.2, 0) is 0 Å². The zero-order chi connectivity index (χ0) is 32.8. The van der Waals surface area contributed by atoms with E-state index in [-0.39, 0.29) is 0 Å². The summed E-state index contributed by atoms with van der Waals surface area (Å²) >= 11 is 0. The first kappa shape index (κ1) is 27.1. The van der Waals surface area contributed by atoms with Crippen LogP contribution < -0.4 is 0 Å². The molecule has 0 aliphatic carbocycles. The molecule has 0 saturated heterocycles. The van der Waals surface area contributed by atoms with E-state index < -0.39 is 0 Å². The van der Waals surface area contributed by atoms with Gasteiger partial charge in [0.05, 0.1) is 0 Å². The molecule has 11 rings (SSSR count). The van der Waals surface area contributed by atoms with Crippen LogP contribution in [0.1, 0.15) is 0 Å². The zero-order valence-corrected chi connectivity index (χ0v) is 26.6. The van der Waals surface area contributed by atoms with Crippen molar-refractivity contribution in [3.63, 3.8) is 0 Å². The fourth-order valence-electron chi connectivity index (χ4n) is 7.54. The first-order valence-corrected chi connectivity index (χ1v) is 16.7. The molecule has 8 aromatic carbocycles. The van der Waals surface area contributed by atoms with Crippen LogP contribution >= 0.6 is 0 Å². The molecule has 11 aromatic rings. The fourth-order valence-corrected chi connectivity index (χ4v) is 7.54. The normalized spacial score (nSPS) is 12.0. The quantitative estimate of drug-likeness (QED) is 0.180. The van der Waals surface area contributed by atoms with E-state index in [4.69, 9.17) is 23.8 Å². The second-order valence-electron chi connectivity index (χ2n) is 12.8. The van der Waals surface area contributed by atoms with E-state index in [0.29, 0.717) is 17.5 Å². The molecule has 3 heterocycles. The van der Waals surface area contributed by atoms with Crippen LogP contribution in [0.5, 0.6) is 0 Å².